The van der Waals surface area contributed by atoms with E-state index in [4.69, 9.17) is 0 Å². The fraction of sp³-hybridized carbons (Fsp3) is 0.357. The molecule has 7 heteroatoms. The summed E-state index contributed by atoms with van der Waals surface area (Å²) in [6, 6.07) is 7.09. The standard InChI is InChI=1S/C14H19N5O2/c1-19(2)14(21)16-8-7-15-9-12-17-11-6-4-3-5-10(11)13(20)18-12/h3-6,15H,7-9H2,1-2H3,(H,16,21)(H,17,18,20). The highest BCUT2D eigenvalue weighted by Gasteiger charge is 2.03. The zero-order valence-electron chi connectivity index (χ0n) is 12.1. The molecule has 2 aromatic rings. The quantitative estimate of drug-likeness (QED) is 0.690. The van der Waals surface area contributed by atoms with E-state index in [1.165, 1.54) is 4.90 Å². The number of carbonyl (C=O) groups excluding carboxylic acids is 1. The first kappa shape index (κ1) is 15.0. The van der Waals surface area contributed by atoms with Crippen LogP contribution in [-0.4, -0.2) is 48.1 Å². The predicted octanol–water partition coefficient (Wildman–Crippen LogP) is 0.284. The predicted molar refractivity (Wildman–Crippen MR) is 81.2 cm³/mol. The molecule has 0 spiro atoms. The minimum Gasteiger partial charge on any atom is -0.337 e. The summed E-state index contributed by atoms with van der Waals surface area (Å²) in [6.45, 7) is 1.54. The highest BCUT2D eigenvalue weighted by atomic mass is 16.2. The average Bonchev–Trinajstić information content (AvgIpc) is 2.46. The van der Waals surface area contributed by atoms with E-state index in [-0.39, 0.29) is 11.6 Å². The molecule has 7 nitrogen and oxygen atoms in total. The lowest BCUT2D eigenvalue weighted by Gasteiger charge is -2.12. The Labute approximate surface area is 122 Å². The van der Waals surface area contributed by atoms with E-state index in [1.54, 1.807) is 20.2 Å². The molecule has 1 aromatic carbocycles. The molecule has 0 aliphatic rings. The number of benzene rings is 1. The number of amides is 2. The minimum atomic E-state index is -0.140. The number of fused-ring (bicyclic) bond motifs is 1. The molecular formula is C14H19N5O2. The van der Waals surface area contributed by atoms with Gasteiger partial charge in [0.2, 0.25) is 0 Å². The molecule has 112 valence electrons. The molecule has 0 aliphatic carbocycles. The topological polar surface area (TPSA) is 90.1 Å². The third-order valence-electron chi connectivity index (χ3n) is 2.94. The van der Waals surface area contributed by atoms with Gasteiger partial charge in [-0.3, -0.25) is 4.79 Å². The maximum atomic E-state index is 11.9. The van der Waals surface area contributed by atoms with Gasteiger partial charge in [0.25, 0.3) is 5.56 Å². The second-order valence-corrected chi connectivity index (χ2v) is 4.83. The summed E-state index contributed by atoms with van der Waals surface area (Å²) >= 11 is 0. The van der Waals surface area contributed by atoms with Crippen LogP contribution in [0.25, 0.3) is 10.9 Å². The Hall–Kier alpha value is -2.41. The van der Waals surface area contributed by atoms with Gasteiger partial charge < -0.3 is 20.5 Å². The number of nitrogens with one attached hydrogen (secondary N) is 3. The van der Waals surface area contributed by atoms with Crippen molar-refractivity contribution in [3.8, 4) is 0 Å². The number of urea groups is 1. The van der Waals surface area contributed by atoms with Gasteiger partial charge in [0, 0.05) is 27.2 Å². The van der Waals surface area contributed by atoms with Gasteiger partial charge in [-0.25, -0.2) is 9.78 Å². The van der Waals surface area contributed by atoms with Crippen molar-refractivity contribution in [3.05, 3.63) is 40.4 Å². The monoisotopic (exact) mass is 289 g/mol. The maximum Gasteiger partial charge on any atom is 0.316 e. The third kappa shape index (κ3) is 4.03. The minimum absolute atomic E-state index is 0.131. The molecule has 0 atom stereocenters. The first-order valence-corrected chi connectivity index (χ1v) is 6.72. The van der Waals surface area contributed by atoms with E-state index < -0.39 is 0 Å². The number of aromatic nitrogens is 2. The molecule has 2 rings (SSSR count). The van der Waals surface area contributed by atoms with Crippen molar-refractivity contribution in [1.29, 1.82) is 0 Å². The van der Waals surface area contributed by atoms with Crippen molar-refractivity contribution in [2.24, 2.45) is 0 Å². The lowest BCUT2D eigenvalue weighted by atomic mass is 10.2. The van der Waals surface area contributed by atoms with Gasteiger partial charge in [-0.2, -0.15) is 0 Å². The molecule has 21 heavy (non-hydrogen) atoms. The number of H-pyrrole nitrogens is 1. The molecule has 0 fully saturated rings. The molecule has 1 aromatic heterocycles. The second kappa shape index (κ2) is 6.85. The molecule has 0 aliphatic heterocycles. The van der Waals surface area contributed by atoms with Gasteiger partial charge in [-0.1, -0.05) is 12.1 Å². The van der Waals surface area contributed by atoms with Gasteiger partial charge in [-0.15, -0.1) is 0 Å². The van der Waals surface area contributed by atoms with Crippen LogP contribution in [0, 0.1) is 0 Å². The summed E-state index contributed by atoms with van der Waals surface area (Å²) in [5.41, 5.74) is 0.539. The van der Waals surface area contributed by atoms with E-state index in [0.717, 1.165) is 0 Å². The molecule has 2 amide bonds. The van der Waals surface area contributed by atoms with Crippen LogP contribution in [0.15, 0.2) is 29.1 Å². The van der Waals surface area contributed by atoms with Crippen molar-refractivity contribution < 1.29 is 4.79 Å². The van der Waals surface area contributed by atoms with E-state index >= 15 is 0 Å². The van der Waals surface area contributed by atoms with Crippen molar-refractivity contribution in [2.75, 3.05) is 27.2 Å². The first-order valence-electron chi connectivity index (χ1n) is 6.72. The SMILES string of the molecule is CN(C)C(=O)NCCNCc1nc2ccccc2c(=O)[nH]1. The summed E-state index contributed by atoms with van der Waals surface area (Å²) in [7, 11) is 3.37. The van der Waals surface area contributed by atoms with E-state index in [2.05, 4.69) is 20.6 Å². The van der Waals surface area contributed by atoms with E-state index in [1.807, 2.05) is 18.2 Å². The molecule has 0 saturated carbocycles. The smallest absolute Gasteiger partial charge is 0.316 e. The fourth-order valence-corrected chi connectivity index (χ4v) is 1.84. The van der Waals surface area contributed by atoms with E-state index in [0.29, 0.717) is 36.4 Å². The zero-order valence-corrected chi connectivity index (χ0v) is 12.1. The van der Waals surface area contributed by atoms with Crippen molar-refractivity contribution in [3.63, 3.8) is 0 Å². The molecule has 0 saturated heterocycles. The third-order valence-corrected chi connectivity index (χ3v) is 2.94. The van der Waals surface area contributed by atoms with Crippen LogP contribution in [-0.2, 0) is 6.54 Å². The maximum absolute atomic E-state index is 11.9. The number of rotatable bonds is 5. The van der Waals surface area contributed by atoms with E-state index in [9.17, 15) is 9.59 Å². The summed E-state index contributed by atoms with van der Waals surface area (Å²) in [6.07, 6.45) is 0. The largest absolute Gasteiger partial charge is 0.337 e. The first-order chi connectivity index (χ1) is 10.1. The summed E-state index contributed by atoms with van der Waals surface area (Å²) < 4.78 is 0. The fourth-order valence-electron chi connectivity index (χ4n) is 1.84. The Balaban J connectivity index is 1.87. The molecular weight excluding hydrogens is 270 g/mol. The number of carbonyl (C=O) groups is 1. The highest BCUT2D eigenvalue weighted by Crippen LogP contribution is 2.05. The molecule has 0 bridgehead atoms. The summed E-state index contributed by atoms with van der Waals surface area (Å²) in [4.78, 5) is 31.8. The van der Waals surface area contributed by atoms with Crippen molar-refractivity contribution >= 4 is 16.9 Å². The molecule has 0 radical (unpaired) electrons. The van der Waals surface area contributed by atoms with Gasteiger partial charge in [0.1, 0.15) is 5.82 Å². The highest BCUT2D eigenvalue weighted by molar-refractivity contribution is 5.77. The van der Waals surface area contributed by atoms with Gasteiger partial charge in [0.15, 0.2) is 0 Å². The Bertz CT molecular complexity index is 680. The lowest BCUT2D eigenvalue weighted by molar-refractivity contribution is 0.217. The Kier molecular flexibility index (Phi) is 4.89. The normalized spacial score (nSPS) is 10.6. The number of hydrogen-bond donors (Lipinski definition) is 3. The number of hydrogen-bond acceptors (Lipinski definition) is 4. The van der Waals surface area contributed by atoms with Crippen molar-refractivity contribution in [2.45, 2.75) is 6.54 Å². The van der Waals surface area contributed by atoms with Gasteiger partial charge in [0.05, 0.1) is 17.4 Å². The summed E-state index contributed by atoms with van der Waals surface area (Å²) in [5, 5.41) is 6.45. The average molecular weight is 289 g/mol. The van der Waals surface area contributed by atoms with Crippen LogP contribution in [0.2, 0.25) is 0 Å². The van der Waals surface area contributed by atoms with Gasteiger partial charge >= 0.3 is 6.03 Å². The Morgan fingerprint density at radius 1 is 1.29 bits per heavy atom. The molecule has 1 heterocycles. The van der Waals surface area contributed by atoms with Crippen LogP contribution < -0.4 is 16.2 Å². The van der Waals surface area contributed by atoms with Crippen LogP contribution in [0.5, 0.6) is 0 Å². The zero-order chi connectivity index (χ0) is 15.2. The number of para-hydroxylation sites is 1. The molecule has 3 N–H and O–H groups in total. The Morgan fingerprint density at radius 2 is 2.05 bits per heavy atom. The number of aromatic amines is 1. The van der Waals surface area contributed by atoms with Gasteiger partial charge in [-0.05, 0) is 12.1 Å². The van der Waals surface area contributed by atoms with Crippen LogP contribution in [0.3, 0.4) is 0 Å². The summed E-state index contributed by atoms with van der Waals surface area (Å²) in [5.74, 6) is 0.581. The second-order valence-electron chi connectivity index (χ2n) is 4.83. The molecule has 0 unspecified atom stereocenters. The lowest BCUT2D eigenvalue weighted by Crippen LogP contribution is -2.38. The Morgan fingerprint density at radius 3 is 2.81 bits per heavy atom. The van der Waals surface area contributed by atoms with Crippen LogP contribution in [0.1, 0.15) is 5.82 Å². The van der Waals surface area contributed by atoms with Crippen LogP contribution in [0.4, 0.5) is 4.79 Å². The van der Waals surface area contributed by atoms with Crippen LogP contribution >= 0.6 is 0 Å². The number of nitrogens with zero attached hydrogens (tertiary/aromatic N) is 2. The van der Waals surface area contributed by atoms with Crippen molar-refractivity contribution in [1.82, 2.24) is 25.5 Å².